The number of nitrogens with zero attached hydrogens (tertiary/aromatic N) is 1. The van der Waals surface area contributed by atoms with E-state index in [0.29, 0.717) is 0 Å². The highest BCUT2D eigenvalue weighted by atomic mass is 15.2. The van der Waals surface area contributed by atoms with Crippen LogP contribution in [0.1, 0.15) is 32.1 Å². The second kappa shape index (κ2) is 3.82. The lowest BCUT2D eigenvalue weighted by molar-refractivity contribution is 0.0853. The second-order valence-corrected chi connectivity index (χ2v) is 5.42. The molecule has 1 saturated carbocycles. The first-order chi connectivity index (χ1) is 6.93. The zero-order valence-electron chi connectivity index (χ0n) is 9.04. The van der Waals surface area contributed by atoms with Gasteiger partial charge in [-0.2, -0.15) is 0 Å². The Balaban J connectivity index is 1.59. The van der Waals surface area contributed by atoms with Gasteiger partial charge >= 0.3 is 0 Å². The standard InChI is InChI=1S/C12H22N2/c1-3-10(4-1)9-14-6-2-5-11-7-13-8-12(11)14/h10-13H,1-9H2/t11-,12+/m1/s1. The van der Waals surface area contributed by atoms with Crippen molar-refractivity contribution in [3.63, 3.8) is 0 Å². The highest BCUT2D eigenvalue weighted by Crippen LogP contribution is 2.32. The molecule has 2 heteroatoms. The fourth-order valence-corrected chi connectivity index (χ4v) is 3.40. The Kier molecular flexibility index (Phi) is 2.50. The SMILES string of the molecule is C1CC(CN2CCC[C@@H]3CNC[C@@H]32)C1. The zero-order chi connectivity index (χ0) is 9.38. The molecule has 0 amide bonds. The van der Waals surface area contributed by atoms with E-state index >= 15 is 0 Å². The van der Waals surface area contributed by atoms with Gasteiger partial charge in [-0.05, 0) is 50.6 Å². The van der Waals surface area contributed by atoms with Crippen molar-refractivity contribution in [1.82, 2.24) is 10.2 Å². The van der Waals surface area contributed by atoms with Gasteiger partial charge in [-0.3, -0.25) is 4.90 Å². The first-order valence-electron chi connectivity index (χ1n) is 6.38. The lowest BCUT2D eigenvalue weighted by Crippen LogP contribution is -2.47. The minimum absolute atomic E-state index is 0.893. The van der Waals surface area contributed by atoms with Crippen LogP contribution in [-0.4, -0.2) is 37.1 Å². The van der Waals surface area contributed by atoms with Crippen LogP contribution in [0.4, 0.5) is 0 Å². The third kappa shape index (κ3) is 1.59. The van der Waals surface area contributed by atoms with Gasteiger partial charge in [-0.25, -0.2) is 0 Å². The predicted octanol–water partition coefficient (Wildman–Crippen LogP) is 1.47. The summed E-state index contributed by atoms with van der Waals surface area (Å²) in [6, 6.07) is 0.893. The van der Waals surface area contributed by atoms with E-state index in [4.69, 9.17) is 0 Å². The molecule has 0 aromatic rings. The summed E-state index contributed by atoms with van der Waals surface area (Å²) < 4.78 is 0. The summed E-state index contributed by atoms with van der Waals surface area (Å²) in [6.45, 7) is 5.32. The largest absolute Gasteiger partial charge is 0.315 e. The quantitative estimate of drug-likeness (QED) is 0.716. The molecule has 3 rings (SSSR count). The van der Waals surface area contributed by atoms with Gasteiger partial charge in [0.1, 0.15) is 0 Å². The molecule has 0 radical (unpaired) electrons. The smallest absolute Gasteiger partial charge is 0.0261 e. The molecule has 0 aromatic heterocycles. The van der Waals surface area contributed by atoms with Crippen LogP contribution in [-0.2, 0) is 0 Å². The fraction of sp³-hybridized carbons (Fsp3) is 1.00. The van der Waals surface area contributed by atoms with Crippen molar-refractivity contribution in [2.75, 3.05) is 26.2 Å². The lowest BCUT2D eigenvalue weighted by Gasteiger charge is -2.41. The molecule has 0 bridgehead atoms. The predicted molar refractivity (Wildman–Crippen MR) is 58.3 cm³/mol. The Morgan fingerprint density at radius 2 is 2.00 bits per heavy atom. The Morgan fingerprint density at radius 1 is 1.07 bits per heavy atom. The van der Waals surface area contributed by atoms with Crippen LogP contribution < -0.4 is 5.32 Å². The summed E-state index contributed by atoms with van der Waals surface area (Å²) >= 11 is 0. The lowest BCUT2D eigenvalue weighted by atomic mass is 9.83. The van der Waals surface area contributed by atoms with Crippen LogP contribution in [0.25, 0.3) is 0 Å². The van der Waals surface area contributed by atoms with Gasteiger partial charge in [0.25, 0.3) is 0 Å². The Hall–Kier alpha value is -0.0800. The van der Waals surface area contributed by atoms with E-state index in [1.807, 2.05) is 0 Å². The fourth-order valence-electron chi connectivity index (χ4n) is 3.40. The molecule has 0 spiro atoms. The third-order valence-electron chi connectivity index (χ3n) is 4.51. The number of fused-ring (bicyclic) bond motifs is 1. The van der Waals surface area contributed by atoms with Gasteiger partial charge in [-0.1, -0.05) is 6.42 Å². The molecule has 2 saturated heterocycles. The summed E-state index contributed by atoms with van der Waals surface area (Å²) in [7, 11) is 0. The molecule has 1 aliphatic carbocycles. The van der Waals surface area contributed by atoms with Gasteiger partial charge < -0.3 is 5.32 Å². The van der Waals surface area contributed by atoms with E-state index in [1.54, 1.807) is 0 Å². The van der Waals surface area contributed by atoms with Crippen molar-refractivity contribution in [3.05, 3.63) is 0 Å². The number of rotatable bonds is 2. The highest BCUT2D eigenvalue weighted by Gasteiger charge is 2.36. The first-order valence-corrected chi connectivity index (χ1v) is 6.38. The van der Waals surface area contributed by atoms with Crippen molar-refractivity contribution in [3.8, 4) is 0 Å². The molecule has 3 aliphatic rings. The molecule has 0 unspecified atom stereocenters. The Morgan fingerprint density at radius 3 is 2.79 bits per heavy atom. The topological polar surface area (TPSA) is 15.3 Å². The normalized spacial score (nSPS) is 39.4. The third-order valence-corrected chi connectivity index (χ3v) is 4.51. The van der Waals surface area contributed by atoms with Crippen LogP contribution in [0, 0.1) is 11.8 Å². The van der Waals surface area contributed by atoms with Crippen molar-refractivity contribution in [1.29, 1.82) is 0 Å². The molecule has 1 N–H and O–H groups in total. The van der Waals surface area contributed by atoms with Crippen molar-refractivity contribution >= 4 is 0 Å². The maximum absolute atomic E-state index is 3.56. The maximum Gasteiger partial charge on any atom is 0.0261 e. The number of piperidine rings is 1. The van der Waals surface area contributed by atoms with Crippen LogP contribution in [0.2, 0.25) is 0 Å². The summed E-state index contributed by atoms with van der Waals surface area (Å²) in [5.41, 5.74) is 0. The van der Waals surface area contributed by atoms with Gasteiger partial charge in [0, 0.05) is 19.1 Å². The number of hydrogen-bond acceptors (Lipinski definition) is 2. The molecule has 2 aliphatic heterocycles. The molecule has 14 heavy (non-hydrogen) atoms. The number of likely N-dealkylation sites (tertiary alicyclic amines) is 1. The van der Waals surface area contributed by atoms with E-state index in [0.717, 1.165) is 17.9 Å². The maximum atomic E-state index is 3.56. The Bertz CT molecular complexity index is 200. The van der Waals surface area contributed by atoms with E-state index in [1.165, 1.54) is 58.3 Å². The number of nitrogens with one attached hydrogen (secondary N) is 1. The van der Waals surface area contributed by atoms with E-state index < -0.39 is 0 Å². The Labute approximate surface area is 87.0 Å². The summed E-state index contributed by atoms with van der Waals surface area (Å²) in [5, 5.41) is 3.56. The van der Waals surface area contributed by atoms with Crippen molar-refractivity contribution < 1.29 is 0 Å². The van der Waals surface area contributed by atoms with Crippen LogP contribution in [0.3, 0.4) is 0 Å². The average molecular weight is 194 g/mol. The van der Waals surface area contributed by atoms with Crippen LogP contribution in [0.15, 0.2) is 0 Å². The summed E-state index contributed by atoms with van der Waals surface area (Å²) in [5.74, 6) is 2.03. The molecule has 0 aromatic carbocycles. The minimum Gasteiger partial charge on any atom is -0.315 e. The average Bonchev–Trinajstić information content (AvgIpc) is 2.59. The van der Waals surface area contributed by atoms with Crippen LogP contribution >= 0.6 is 0 Å². The molecular formula is C12H22N2. The van der Waals surface area contributed by atoms with Crippen LogP contribution in [0.5, 0.6) is 0 Å². The van der Waals surface area contributed by atoms with Crippen molar-refractivity contribution in [2.24, 2.45) is 11.8 Å². The molecular weight excluding hydrogens is 172 g/mol. The molecule has 3 fully saturated rings. The van der Waals surface area contributed by atoms with Gasteiger partial charge in [0.15, 0.2) is 0 Å². The summed E-state index contributed by atoms with van der Waals surface area (Å²) in [6.07, 6.45) is 7.40. The summed E-state index contributed by atoms with van der Waals surface area (Å²) in [4.78, 5) is 2.79. The van der Waals surface area contributed by atoms with E-state index in [2.05, 4.69) is 10.2 Å². The zero-order valence-corrected chi connectivity index (χ0v) is 9.04. The van der Waals surface area contributed by atoms with E-state index in [-0.39, 0.29) is 0 Å². The molecule has 2 nitrogen and oxygen atoms in total. The van der Waals surface area contributed by atoms with Gasteiger partial charge in [-0.15, -0.1) is 0 Å². The first kappa shape index (κ1) is 9.17. The monoisotopic (exact) mass is 194 g/mol. The highest BCUT2D eigenvalue weighted by molar-refractivity contribution is 4.93. The molecule has 80 valence electrons. The minimum atomic E-state index is 0.893. The number of hydrogen-bond donors (Lipinski definition) is 1. The van der Waals surface area contributed by atoms with Gasteiger partial charge in [0.05, 0.1) is 0 Å². The van der Waals surface area contributed by atoms with E-state index in [9.17, 15) is 0 Å². The molecule has 2 heterocycles. The molecule has 2 atom stereocenters. The second-order valence-electron chi connectivity index (χ2n) is 5.42. The van der Waals surface area contributed by atoms with Gasteiger partial charge in [0.2, 0.25) is 0 Å². The van der Waals surface area contributed by atoms with Crippen molar-refractivity contribution in [2.45, 2.75) is 38.1 Å².